The van der Waals surface area contributed by atoms with E-state index in [0.717, 1.165) is 5.56 Å². The summed E-state index contributed by atoms with van der Waals surface area (Å²) < 4.78 is 26.4. The lowest BCUT2D eigenvalue weighted by atomic mass is 10.1. The van der Waals surface area contributed by atoms with Crippen molar-refractivity contribution in [1.82, 2.24) is 4.72 Å². The van der Waals surface area contributed by atoms with Crippen molar-refractivity contribution in [2.45, 2.75) is 18.7 Å². The number of nitrogens with one attached hydrogen (secondary N) is 1. The predicted molar refractivity (Wildman–Crippen MR) is 70.5 cm³/mol. The van der Waals surface area contributed by atoms with Crippen LogP contribution in [-0.2, 0) is 10.0 Å². The highest BCUT2D eigenvalue weighted by atomic mass is 35.5. The summed E-state index contributed by atoms with van der Waals surface area (Å²) in [4.78, 5) is 0.107. The number of rotatable bonds is 4. The molecule has 1 rings (SSSR count). The maximum atomic E-state index is 12.0. The van der Waals surface area contributed by atoms with Gasteiger partial charge in [-0.3, -0.25) is 0 Å². The van der Waals surface area contributed by atoms with Crippen molar-refractivity contribution in [2.24, 2.45) is 0 Å². The Kier molecular flexibility index (Phi) is 4.19. The van der Waals surface area contributed by atoms with Gasteiger partial charge in [-0.25, -0.2) is 13.1 Å². The molecular weight excluding hydrogens is 260 g/mol. The van der Waals surface area contributed by atoms with Crippen LogP contribution in [0.1, 0.15) is 11.1 Å². The van der Waals surface area contributed by atoms with Crippen LogP contribution < -0.4 is 10.5 Å². The molecule has 0 heterocycles. The summed E-state index contributed by atoms with van der Waals surface area (Å²) in [6.07, 6.45) is 0. The summed E-state index contributed by atoms with van der Waals surface area (Å²) in [5.74, 6) is 0. The van der Waals surface area contributed by atoms with Gasteiger partial charge in [-0.05, 0) is 25.0 Å². The van der Waals surface area contributed by atoms with Crippen LogP contribution in [0.5, 0.6) is 0 Å². The second-order valence-corrected chi connectivity index (χ2v) is 6.02. The molecule has 0 aliphatic rings. The molecule has 0 aromatic heterocycles. The van der Waals surface area contributed by atoms with Gasteiger partial charge in [-0.2, -0.15) is 0 Å². The standard InChI is InChI=1S/C11H15ClN2O2S/c1-7-4-5-8(2)11(10(7)13)17(15,16)14-6-9(3)12/h4-5,14H,3,6,13H2,1-2H3. The first-order valence-electron chi connectivity index (χ1n) is 4.94. The molecule has 1 aromatic rings. The van der Waals surface area contributed by atoms with Crippen molar-refractivity contribution < 1.29 is 8.42 Å². The van der Waals surface area contributed by atoms with Crippen LogP contribution in [0.3, 0.4) is 0 Å². The fourth-order valence-electron chi connectivity index (χ4n) is 1.41. The van der Waals surface area contributed by atoms with Crippen molar-refractivity contribution in [2.75, 3.05) is 12.3 Å². The number of anilines is 1. The maximum absolute atomic E-state index is 12.0. The minimum atomic E-state index is -3.66. The SMILES string of the molecule is C=C(Cl)CNS(=O)(=O)c1c(C)ccc(C)c1N. The van der Waals surface area contributed by atoms with Gasteiger partial charge in [0.15, 0.2) is 0 Å². The van der Waals surface area contributed by atoms with Crippen molar-refractivity contribution in [3.05, 3.63) is 34.9 Å². The zero-order valence-corrected chi connectivity index (χ0v) is 11.3. The second-order valence-electron chi connectivity index (χ2n) is 3.78. The quantitative estimate of drug-likeness (QED) is 0.824. The number of halogens is 1. The van der Waals surface area contributed by atoms with Crippen LogP contribution in [0.4, 0.5) is 5.69 Å². The van der Waals surface area contributed by atoms with E-state index in [-0.39, 0.29) is 22.2 Å². The molecule has 4 nitrogen and oxygen atoms in total. The van der Waals surface area contributed by atoms with E-state index in [0.29, 0.717) is 5.56 Å². The number of hydrogen-bond acceptors (Lipinski definition) is 3. The van der Waals surface area contributed by atoms with Crippen LogP contribution in [-0.4, -0.2) is 15.0 Å². The minimum Gasteiger partial charge on any atom is -0.397 e. The third-order valence-electron chi connectivity index (χ3n) is 2.33. The van der Waals surface area contributed by atoms with Gasteiger partial charge in [0.2, 0.25) is 10.0 Å². The molecule has 0 amide bonds. The van der Waals surface area contributed by atoms with E-state index in [1.54, 1.807) is 26.0 Å². The van der Waals surface area contributed by atoms with Crippen LogP contribution >= 0.6 is 11.6 Å². The monoisotopic (exact) mass is 274 g/mol. The van der Waals surface area contributed by atoms with Gasteiger partial charge in [0.25, 0.3) is 0 Å². The largest absolute Gasteiger partial charge is 0.397 e. The van der Waals surface area contributed by atoms with Crippen molar-refractivity contribution in [1.29, 1.82) is 0 Å². The highest BCUT2D eigenvalue weighted by Gasteiger charge is 2.20. The molecule has 0 aliphatic heterocycles. The summed E-state index contributed by atoms with van der Waals surface area (Å²) in [5, 5.41) is 0.220. The average molecular weight is 275 g/mol. The Morgan fingerprint density at radius 2 is 1.94 bits per heavy atom. The van der Waals surface area contributed by atoms with Gasteiger partial charge < -0.3 is 5.73 Å². The van der Waals surface area contributed by atoms with Gasteiger partial charge >= 0.3 is 0 Å². The lowest BCUT2D eigenvalue weighted by Gasteiger charge is -2.13. The highest BCUT2D eigenvalue weighted by Crippen LogP contribution is 2.25. The predicted octanol–water partition coefficient (Wildman–Crippen LogP) is 1.92. The molecule has 0 unspecified atom stereocenters. The lowest BCUT2D eigenvalue weighted by Crippen LogP contribution is -2.26. The topological polar surface area (TPSA) is 72.2 Å². The molecule has 17 heavy (non-hydrogen) atoms. The van der Waals surface area contributed by atoms with Crippen LogP contribution in [0.25, 0.3) is 0 Å². The van der Waals surface area contributed by atoms with Gasteiger partial charge in [0.1, 0.15) is 4.90 Å². The van der Waals surface area contributed by atoms with Crippen LogP contribution in [0.2, 0.25) is 0 Å². The molecular formula is C11H15ClN2O2S. The summed E-state index contributed by atoms with van der Waals surface area (Å²) >= 11 is 5.53. The molecule has 0 saturated carbocycles. The van der Waals surface area contributed by atoms with Crippen molar-refractivity contribution in [3.63, 3.8) is 0 Å². The fraction of sp³-hybridized carbons (Fsp3) is 0.273. The minimum absolute atomic E-state index is 0.0172. The van der Waals surface area contributed by atoms with Crippen LogP contribution in [0, 0.1) is 13.8 Å². The first-order chi connectivity index (χ1) is 7.75. The fourth-order valence-corrected chi connectivity index (χ4v) is 3.01. The van der Waals surface area contributed by atoms with Gasteiger partial charge in [-0.1, -0.05) is 30.3 Å². The second kappa shape index (κ2) is 5.08. The molecule has 0 fully saturated rings. The lowest BCUT2D eigenvalue weighted by molar-refractivity contribution is 0.585. The zero-order valence-electron chi connectivity index (χ0n) is 9.75. The van der Waals surface area contributed by atoms with Crippen LogP contribution in [0.15, 0.2) is 28.6 Å². The first-order valence-corrected chi connectivity index (χ1v) is 6.80. The summed E-state index contributed by atoms with van der Waals surface area (Å²) in [7, 11) is -3.66. The Labute approximate surface area is 107 Å². The summed E-state index contributed by atoms with van der Waals surface area (Å²) in [5.41, 5.74) is 7.38. The molecule has 3 N–H and O–H groups in total. The molecule has 6 heteroatoms. The molecule has 0 atom stereocenters. The van der Waals surface area contributed by atoms with E-state index < -0.39 is 10.0 Å². The number of aryl methyl sites for hydroxylation is 2. The van der Waals surface area contributed by atoms with E-state index in [1.165, 1.54) is 0 Å². The highest BCUT2D eigenvalue weighted by molar-refractivity contribution is 7.89. The average Bonchev–Trinajstić information content (AvgIpc) is 2.21. The Hall–Kier alpha value is -1.04. The number of hydrogen-bond donors (Lipinski definition) is 2. The van der Waals surface area contributed by atoms with Crippen molar-refractivity contribution >= 4 is 27.3 Å². The first kappa shape index (κ1) is 14.0. The van der Waals surface area contributed by atoms with Gasteiger partial charge in [0.05, 0.1) is 5.69 Å². The number of nitrogens with two attached hydrogens (primary N) is 1. The smallest absolute Gasteiger partial charge is 0.243 e. The Morgan fingerprint density at radius 1 is 1.41 bits per heavy atom. The van der Waals surface area contributed by atoms with E-state index in [4.69, 9.17) is 17.3 Å². The molecule has 0 spiro atoms. The Bertz CT molecular complexity index is 553. The molecule has 1 aromatic carbocycles. The van der Waals surface area contributed by atoms with Crippen molar-refractivity contribution in [3.8, 4) is 0 Å². The van der Waals surface area contributed by atoms with E-state index in [9.17, 15) is 8.42 Å². The summed E-state index contributed by atoms with van der Waals surface area (Å²) in [6, 6.07) is 3.50. The normalized spacial score (nSPS) is 11.5. The summed E-state index contributed by atoms with van der Waals surface area (Å²) in [6.45, 7) is 6.86. The van der Waals surface area contributed by atoms with E-state index in [2.05, 4.69) is 11.3 Å². The maximum Gasteiger partial charge on any atom is 0.243 e. The Balaban J connectivity index is 3.24. The van der Waals surface area contributed by atoms with Gasteiger partial charge in [-0.15, -0.1) is 0 Å². The van der Waals surface area contributed by atoms with E-state index in [1.807, 2.05) is 0 Å². The molecule has 0 bridgehead atoms. The molecule has 0 radical (unpaired) electrons. The number of benzene rings is 1. The van der Waals surface area contributed by atoms with E-state index >= 15 is 0 Å². The molecule has 0 aliphatic carbocycles. The Morgan fingerprint density at radius 3 is 2.47 bits per heavy atom. The zero-order chi connectivity index (χ0) is 13.2. The third kappa shape index (κ3) is 3.21. The molecule has 0 saturated heterocycles. The third-order valence-corrected chi connectivity index (χ3v) is 4.07. The number of nitrogen functional groups attached to an aromatic ring is 1. The van der Waals surface area contributed by atoms with Gasteiger partial charge in [0, 0.05) is 11.6 Å². The number of sulfonamides is 1. The molecule has 94 valence electrons.